The van der Waals surface area contributed by atoms with E-state index in [0.29, 0.717) is 18.7 Å². The van der Waals surface area contributed by atoms with Crippen LogP contribution >= 0.6 is 11.8 Å². The molecule has 0 aromatic heterocycles. The van der Waals surface area contributed by atoms with E-state index in [2.05, 4.69) is 43.3 Å². The molecule has 1 aliphatic rings. The average molecular weight is 353 g/mol. The van der Waals surface area contributed by atoms with Crippen molar-refractivity contribution in [1.29, 1.82) is 0 Å². The van der Waals surface area contributed by atoms with Gasteiger partial charge in [-0.3, -0.25) is 9.59 Å². The van der Waals surface area contributed by atoms with E-state index in [-0.39, 0.29) is 23.0 Å². The molecule has 130 valence electrons. The van der Waals surface area contributed by atoms with Crippen LogP contribution in [0.2, 0.25) is 0 Å². The zero-order valence-corrected chi connectivity index (χ0v) is 15.5. The highest BCUT2D eigenvalue weighted by molar-refractivity contribution is 8.13. The summed E-state index contributed by atoms with van der Waals surface area (Å²) < 4.78 is 0. The molecule has 1 saturated heterocycles. The van der Waals surface area contributed by atoms with Crippen molar-refractivity contribution in [1.82, 2.24) is 4.90 Å². The number of nitrogens with zero attached hydrogens (tertiary/aromatic N) is 1. The van der Waals surface area contributed by atoms with Crippen LogP contribution in [0.3, 0.4) is 0 Å². The molecule has 3 nitrogen and oxygen atoms in total. The summed E-state index contributed by atoms with van der Waals surface area (Å²) in [6.45, 7) is 4.35. The third-order valence-electron chi connectivity index (χ3n) is 4.58. The molecular weight excluding hydrogens is 330 g/mol. The lowest BCUT2D eigenvalue weighted by Gasteiger charge is -2.29. The topological polar surface area (TPSA) is 37.4 Å². The van der Waals surface area contributed by atoms with E-state index in [1.54, 1.807) is 6.92 Å². The standard InChI is InChI=1S/C21H23NO2S/c1-15-8-10-19(11-9-15)21(18-6-4-3-5-7-18)22-13-17(12-20(22)24)14-25-16(2)23/h3-11,17,21H,12-14H2,1-2H3. The molecule has 1 aliphatic heterocycles. The van der Waals surface area contributed by atoms with Gasteiger partial charge in [-0.2, -0.15) is 0 Å². The molecule has 25 heavy (non-hydrogen) atoms. The van der Waals surface area contributed by atoms with Crippen LogP contribution in [-0.2, 0) is 9.59 Å². The van der Waals surface area contributed by atoms with Gasteiger partial charge in [-0.05, 0) is 24.0 Å². The van der Waals surface area contributed by atoms with Crippen molar-refractivity contribution in [2.24, 2.45) is 5.92 Å². The molecule has 1 heterocycles. The molecule has 1 fully saturated rings. The lowest BCUT2D eigenvalue weighted by Crippen LogP contribution is -2.31. The second kappa shape index (κ2) is 7.87. The molecule has 0 radical (unpaired) electrons. The molecule has 0 saturated carbocycles. The number of rotatable bonds is 5. The fraction of sp³-hybridized carbons (Fsp3) is 0.333. The molecule has 2 unspecified atom stereocenters. The minimum atomic E-state index is -0.0679. The van der Waals surface area contributed by atoms with Crippen molar-refractivity contribution in [2.45, 2.75) is 26.3 Å². The quantitative estimate of drug-likeness (QED) is 0.808. The lowest BCUT2D eigenvalue weighted by atomic mass is 9.96. The van der Waals surface area contributed by atoms with Gasteiger partial charge in [0.2, 0.25) is 5.91 Å². The molecule has 2 aromatic carbocycles. The third kappa shape index (κ3) is 4.31. The first-order valence-electron chi connectivity index (χ1n) is 8.59. The maximum absolute atomic E-state index is 12.7. The molecule has 0 N–H and O–H groups in total. The van der Waals surface area contributed by atoms with E-state index < -0.39 is 0 Å². The summed E-state index contributed by atoms with van der Waals surface area (Å²) in [5.41, 5.74) is 3.46. The highest BCUT2D eigenvalue weighted by Crippen LogP contribution is 2.35. The van der Waals surface area contributed by atoms with Gasteiger partial charge in [-0.1, -0.05) is 71.9 Å². The number of thioether (sulfide) groups is 1. The largest absolute Gasteiger partial charge is 0.331 e. The molecule has 0 aliphatic carbocycles. The first kappa shape index (κ1) is 17.7. The first-order chi connectivity index (χ1) is 12.0. The van der Waals surface area contributed by atoms with Gasteiger partial charge in [-0.15, -0.1) is 0 Å². The summed E-state index contributed by atoms with van der Waals surface area (Å²) in [6, 6.07) is 18.5. The Hall–Kier alpha value is -2.07. The lowest BCUT2D eigenvalue weighted by molar-refractivity contribution is -0.129. The normalized spacial score (nSPS) is 18.4. The van der Waals surface area contributed by atoms with Crippen molar-refractivity contribution < 1.29 is 9.59 Å². The van der Waals surface area contributed by atoms with Gasteiger partial charge in [0.25, 0.3) is 0 Å². The molecule has 4 heteroatoms. The van der Waals surface area contributed by atoms with E-state index >= 15 is 0 Å². The smallest absolute Gasteiger partial charge is 0.223 e. The summed E-state index contributed by atoms with van der Waals surface area (Å²) >= 11 is 1.32. The van der Waals surface area contributed by atoms with E-state index in [1.807, 2.05) is 23.1 Å². The summed E-state index contributed by atoms with van der Waals surface area (Å²) in [6.07, 6.45) is 0.523. The van der Waals surface area contributed by atoms with Gasteiger partial charge >= 0.3 is 0 Å². The number of benzene rings is 2. The van der Waals surface area contributed by atoms with Crippen molar-refractivity contribution in [3.8, 4) is 0 Å². The molecule has 3 rings (SSSR count). The SMILES string of the molecule is CC(=O)SCC1CC(=O)N(C(c2ccccc2)c2ccc(C)cc2)C1. The second-order valence-electron chi connectivity index (χ2n) is 6.64. The number of likely N-dealkylation sites (tertiary alicyclic amines) is 1. The summed E-state index contributed by atoms with van der Waals surface area (Å²) in [4.78, 5) is 25.9. The summed E-state index contributed by atoms with van der Waals surface area (Å²) in [5.74, 6) is 1.12. The summed E-state index contributed by atoms with van der Waals surface area (Å²) in [7, 11) is 0. The Bertz CT molecular complexity index is 742. The van der Waals surface area contributed by atoms with Gasteiger partial charge in [0.1, 0.15) is 0 Å². The maximum atomic E-state index is 12.7. The van der Waals surface area contributed by atoms with Crippen molar-refractivity contribution >= 4 is 22.8 Å². The predicted octanol–water partition coefficient (Wildman–Crippen LogP) is 4.21. The van der Waals surface area contributed by atoms with Crippen molar-refractivity contribution in [3.63, 3.8) is 0 Å². The van der Waals surface area contributed by atoms with Crippen LogP contribution < -0.4 is 0 Å². The van der Waals surface area contributed by atoms with Crippen LogP contribution in [0, 0.1) is 12.8 Å². The number of aryl methyl sites for hydroxylation is 1. The number of amides is 1. The molecule has 0 spiro atoms. The molecule has 2 atom stereocenters. The van der Waals surface area contributed by atoms with Gasteiger partial charge in [0, 0.05) is 25.6 Å². The van der Waals surface area contributed by atoms with Gasteiger partial charge in [0.05, 0.1) is 6.04 Å². The fourth-order valence-electron chi connectivity index (χ4n) is 3.34. The Morgan fingerprint density at radius 2 is 1.76 bits per heavy atom. The summed E-state index contributed by atoms with van der Waals surface area (Å²) in [5, 5.41) is 0.115. The van der Waals surface area contributed by atoms with Crippen LogP contribution in [0.25, 0.3) is 0 Å². The van der Waals surface area contributed by atoms with Crippen molar-refractivity contribution in [2.75, 3.05) is 12.3 Å². The number of carbonyl (C=O) groups excluding carboxylic acids is 2. The molecule has 0 bridgehead atoms. The highest BCUT2D eigenvalue weighted by atomic mass is 32.2. The van der Waals surface area contributed by atoms with Crippen molar-refractivity contribution in [3.05, 3.63) is 71.3 Å². The van der Waals surface area contributed by atoms with Crippen LogP contribution in [0.1, 0.15) is 36.1 Å². The minimum Gasteiger partial charge on any atom is -0.331 e. The highest BCUT2D eigenvalue weighted by Gasteiger charge is 2.35. The fourth-order valence-corrected chi connectivity index (χ4v) is 4.04. The Morgan fingerprint density at radius 1 is 1.12 bits per heavy atom. The van der Waals surface area contributed by atoms with E-state index in [4.69, 9.17) is 0 Å². The third-order valence-corrected chi connectivity index (χ3v) is 5.63. The Labute approximate surface area is 153 Å². The number of hydrogen-bond donors (Lipinski definition) is 0. The monoisotopic (exact) mass is 353 g/mol. The number of hydrogen-bond acceptors (Lipinski definition) is 3. The van der Waals surface area contributed by atoms with Gasteiger partial charge in [0.15, 0.2) is 5.12 Å². The molecule has 1 amide bonds. The minimum absolute atomic E-state index is 0.0679. The second-order valence-corrected chi connectivity index (χ2v) is 7.84. The molecule has 2 aromatic rings. The van der Waals surface area contributed by atoms with Crippen LogP contribution in [0.15, 0.2) is 54.6 Å². The van der Waals surface area contributed by atoms with E-state index in [0.717, 1.165) is 11.1 Å². The van der Waals surface area contributed by atoms with Gasteiger partial charge in [-0.25, -0.2) is 0 Å². The predicted molar refractivity (Wildman–Crippen MR) is 102 cm³/mol. The Morgan fingerprint density at radius 3 is 2.40 bits per heavy atom. The van der Waals surface area contributed by atoms with Gasteiger partial charge < -0.3 is 4.90 Å². The Kier molecular flexibility index (Phi) is 5.59. The van der Waals surface area contributed by atoms with Crippen LogP contribution in [0.5, 0.6) is 0 Å². The first-order valence-corrected chi connectivity index (χ1v) is 9.57. The zero-order chi connectivity index (χ0) is 17.8. The van der Waals surface area contributed by atoms with E-state index in [9.17, 15) is 9.59 Å². The Balaban J connectivity index is 1.88. The van der Waals surface area contributed by atoms with Crippen LogP contribution in [-0.4, -0.2) is 28.2 Å². The molecular formula is C21H23NO2S. The average Bonchev–Trinajstić information content (AvgIpc) is 2.97. The number of carbonyl (C=O) groups is 2. The zero-order valence-electron chi connectivity index (χ0n) is 14.6. The maximum Gasteiger partial charge on any atom is 0.223 e. The van der Waals surface area contributed by atoms with E-state index in [1.165, 1.54) is 17.3 Å². The van der Waals surface area contributed by atoms with Crippen LogP contribution in [0.4, 0.5) is 0 Å².